The van der Waals surface area contributed by atoms with E-state index in [9.17, 15) is 43.2 Å². The topological polar surface area (TPSA) is 237 Å². The predicted molar refractivity (Wildman–Crippen MR) is 349 cm³/mol. The maximum Gasteiger partial charge on any atom is 0.472 e. The average Bonchev–Trinajstić information content (AvgIpc) is 3.53. The van der Waals surface area contributed by atoms with E-state index in [2.05, 4.69) is 34.6 Å². The van der Waals surface area contributed by atoms with E-state index in [0.29, 0.717) is 25.7 Å². The Kier molecular flexibility index (Phi) is 60.2. The minimum Gasteiger partial charge on any atom is -0.462 e. The number of aliphatic hydroxyl groups excluding tert-OH is 1. The Morgan fingerprint density at radius 1 is 0.322 bits per heavy atom. The molecule has 0 aromatic rings. The second-order valence-electron chi connectivity index (χ2n) is 24.8. The van der Waals surface area contributed by atoms with Gasteiger partial charge in [-0.25, -0.2) is 9.13 Å². The highest BCUT2D eigenvalue weighted by molar-refractivity contribution is 7.47. The van der Waals surface area contributed by atoms with E-state index in [1.165, 1.54) is 173 Å². The van der Waals surface area contributed by atoms with Crippen molar-refractivity contribution in [3.05, 3.63) is 0 Å². The van der Waals surface area contributed by atoms with Crippen LogP contribution in [0.4, 0.5) is 0 Å². The number of ether oxygens (including phenoxy) is 4. The van der Waals surface area contributed by atoms with E-state index >= 15 is 0 Å². The third kappa shape index (κ3) is 61.3. The zero-order valence-corrected chi connectivity index (χ0v) is 57.9. The molecule has 6 atom stereocenters. The molecule has 0 saturated carbocycles. The Morgan fingerprint density at radius 3 is 0.816 bits per heavy atom. The molecule has 0 aliphatic heterocycles. The smallest absolute Gasteiger partial charge is 0.462 e. The van der Waals surface area contributed by atoms with E-state index < -0.39 is 97.5 Å². The molecule has 0 bridgehead atoms. The van der Waals surface area contributed by atoms with Crippen LogP contribution in [0.15, 0.2) is 0 Å². The van der Waals surface area contributed by atoms with Gasteiger partial charge in [-0.2, -0.15) is 0 Å². The van der Waals surface area contributed by atoms with Crippen molar-refractivity contribution in [2.24, 2.45) is 5.92 Å². The van der Waals surface area contributed by atoms with Crippen LogP contribution < -0.4 is 0 Å². The number of carbonyl (C=O) groups is 4. The zero-order valence-electron chi connectivity index (χ0n) is 56.2. The predicted octanol–water partition coefficient (Wildman–Crippen LogP) is 19.4. The van der Waals surface area contributed by atoms with Crippen LogP contribution in [0, 0.1) is 5.92 Å². The van der Waals surface area contributed by atoms with Gasteiger partial charge in [0.15, 0.2) is 12.2 Å². The monoisotopic (exact) mass is 1280 g/mol. The fourth-order valence-electron chi connectivity index (χ4n) is 10.3. The molecule has 0 aromatic heterocycles. The second kappa shape index (κ2) is 61.6. The van der Waals surface area contributed by atoms with Crippen LogP contribution in [-0.4, -0.2) is 96.7 Å². The van der Waals surface area contributed by atoms with Gasteiger partial charge in [0.05, 0.1) is 26.4 Å². The van der Waals surface area contributed by atoms with Crippen LogP contribution in [-0.2, 0) is 65.4 Å². The third-order valence-electron chi connectivity index (χ3n) is 16.1. The van der Waals surface area contributed by atoms with Crippen molar-refractivity contribution in [1.82, 2.24) is 0 Å². The van der Waals surface area contributed by atoms with Crippen LogP contribution in [0.25, 0.3) is 0 Å². The van der Waals surface area contributed by atoms with Gasteiger partial charge in [-0.05, 0) is 31.6 Å². The van der Waals surface area contributed by atoms with E-state index in [1.54, 1.807) is 0 Å². The van der Waals surface area contributed by atoms with Crippen molar-refractivity contribution in [2.75, 3.05) is 39.6 Å². The van der Waals surface area contributed by atoms with Crippen molar-refractivity contribution in [3.8, 4) is 0 Å². The Hall–Kier alpha value is -1.94. The number of unbranched alkanes of at least 4 members (excludes halogenated alkanes) is 39. The number of phosphoric acid groups is 2. The molecular formula is C68H132O17P2. The number of hydrogen-bond acceptors (Lipinski definition) is 15. The van der Waals surface area contributed by atoms with Gasteiger partial charge in [0.25, 0.3) is 0 Å². The van der Waals surface area contributed by atoms with Gasteiger partial charge >= 0.3 is 39.5 Å². The molecule has 516 valence electrons. The molecule has 0 radical (unpaired) electrons. The first-order valence-electron chi connectivity index (χ1n) is 35.7. The molecule has 0 aromatic carbocycles. The summed E-state index contributed by atoms with van der Waals surface area (Å²) in [5.41, 5.74) is 0. The largest absolute Gasteiger partial charge is 0.472 e. The molecule has 87 heavy (non-hydrogen) atoms. The normalized spacial score (nSPS) is 14.4. The number of aliphatic hydroxyl groups is 1. The van der Waals surface area contributed by atoms with Crippen LogP contribution in [0.1, 0.15) is 349 Å². The minimum absolute atomic E-state index is 0.106. The van der Waals surface area contributed by atoms with Crippen LogP contribution in [0.3, 0.4) is 0 Å². The SMILES string of the molecule is CCCCCCCCCCCCCCC(=O)OC[C@H](COP(=O)(O)OC[C@@H](O)COP(=O)(O)OC[C@@H](COC(=O)CCCCCCCCCCCCC)OC(=O)CCCCCCCCCCCCCC)OC(=O)CCCCCCCCCCC(C)CC. The molecule has 0 saturated heterocycles. The maximum absolute atomic E-state index is 13.0. The fraction of sp³-hybridized carbons (Fsp3) is 0.941. The summed E-state index contributed by atoms with van der Waals surface area (Å²) >= 11 is 0. The Balaban J connectivity index is 5.26. The second-order valence-corrected chi connectivity index (χ2v) is 27.7. The summed E-state index contributed by atoms with van der Waals surface area (Å²) in [7, 11) is -9.89. The number of hydrogen-bond donors (Lipinski definition) is 3. The molecule has 0 rings (SSSR count). The Bertz CT molecular complexity index is 1690. The molecule has 0 aliphatic carbocycles. The van der Waals surface area contributed by atoms with Gasteiger partial charge in [0, 0.05) is 25.7 Å². The van der Waals surface area contributed by atoms with Gasteiger partial charge < -0.3 is 33.8 Å². The number of carbonyl (C=O) groups excluding carboxylic acids is 4. The highest BCUT2D eigenvalue weighted by Gasteiger charge is 2.30. The third-order valence-corrected chi connectivity index (χ3v) is 18.0. The first-order chi connectivity index (χ1) is 42.1. The molecular weight excluding hydrogens is 1150 g/mol. The van der Waals surface area contributed by atoms with Gasteiger partial charge in [0.1, 0.15) is 19.3 Å². The van der Waals surface area contributed by atoms with Crippen molar-refractivity contribution in [1.29, 1.82) is 0 Å². The summed E-state index contributed by atoms with van der Waals surface area (Å²) in [6.07, 6.45) is 46.9. The molecule has 0 aliphatic rings. The lowest BCUT2D eigenvalue weighted by Crippen LogP contribution is -2.30. The summed E-state index contributed by atoms with van der Waals surface area (Å²) in [6.45, 7) is 7.23. The Morgan fingerprint density at radius 2 is 0.552 bits per heavy atom. The Labute approximate surface area is 530 Å². The molecule has 19 heteroatoms. The first-order valence-corrected chi connectivity index (χ1v) is 38.7. The van der Waals surface area contributed by atoms with Crippen molar-refractivity contribution >= 4 is 39.5 Å². The van der Waals surface area contributed by atoms with Crippen LogP contribution in [0.2, 0.25) is 0 Å². The fourth-order valence-corrected chi connectivity index (χ4v) is 11.8. The average molecular weight is 1280 g/mol. The number of phosphoric ester groups is 2. The van der Waals surface area contributed by atoms with Gasteiger partial charge in [-0.15, -0.1) is 0 Å². The van der Waals surface area contributed by atoms with Gasteiger partial charge in [0.2, 0.25) is 0 Å². The molecule has 17 nitrogen and oxygen atoms in total. The van der Waals surface area contributed by atoms with Gasteiger partial charge in [-0.3, -0.25) is 37.3 Å². The lowest BCUT2D eigenvalue weighted by Gasteiger charge is -2.21. The van der Waals surface area contributed by atoms with Crippen LogP contribution >= 0.6 is 15.6 Å². The zero-order chi connectivity index (χ0) is 64.2. The lowest BCUT2D eigenvalue weighted by molar-refractivity contribution is -0.161. The van der Waals surface area contributed by atoms with E-state index in [1.807, 2.05) is 0 Å². The molecule has 0 amide bonds. The summed E-state index contributed by atoms with van der Waals surface area (Å²) < 4.78 is 68.2. The lowest BCUT2D eigenvalue weighted by atomic mass is 9.99. The summed E-state index contributed by atoms with van der Waals surface area (Å²) in [5.74, 6) is -1.35. The summed E-state index contributed by atoms with van der Waals surface area (Å²) in [6, 6.07) is 0. The summed E-state index contributed by atoms with van der Waals surface area (Å²) in [5, 5.41) is 10.6. The number of rotatable bonds is 68. The minimum atomic E-state index is -4.95. The molecule has 0 heterocycles. The highest BCUT2D eigenvalue weighted by Crippen LogP contribution is 2.45. The molecule has 0 fully saturated rings. The van der Waals surface area contributed by atoms with Crippen LogP contribution in [0.5, 0.6) is 0 Å². The maximum atomic E-state index is 13.0. The standard InChI is InChI=1S/C68H132O17P2/c1-6-10-13-16-19-22-25-28-31-37-42-47-52-66(71)79-58-64(85-68(73)54-49-44-39-34-33-35-40-45-50-61(5)9-4)60-83-87(76,77)81-56-62(69)55-80-86(74,75)82-59-63(57-78-65(70)51-46-41-36-30-27-24-21-18-15-12-8-3)84-67(72)53-48-43-38-32-29-26-23-20-17-14-11-7-2/h61-64,69H,6-60H2,1-5H3,(H,74,75)(H,76,77)/t61?,62-,63+,64+/m0/s1. The van der Waals surface area contributed by atoms with E-state index in [4.69, 9.17) is 37.0 Å². The van der Waals surface area contributed by atoms with Crippen molar-refractivity contribution < 1.29 is 80.2 Å². The van der Waals surface area contributed by atoms with E-state index in [0.717, 1.165) is 95.8 Å². The quantitative estimate of drug-likeness (QED) is 0.0222. The van der Waals surface area contributed by atoms with E-state index in [-0.39, 0.29) is 25.7 Å². The van der Waals surface area contributed by atoms with Crippen molar-refractivity contribution in [3.63, 3.8) is 0 Å². The number of esters is 4. The first kappa shape index (κ1) is 85.1. The molecule has 3 unspecified atom stereocenters. The summed E-state index contributed by atoms with van der Waals surface area (Å²) in [4.78, 5) is 72.4. The highest BCUT2D eigenvalue weighted by atomic mass is 31.2. The molecule has 0 spiro atoms. The van der Waals surface area contributed by atoms with Gasteiger partial charge in [-0.1, -0.05) is 298 Å². The molecule has 3 N–H and O–H groups in total. The van der Waals surface area contributed by atoms with Crippen molar-refractivity contribution in [2.45, 2.75) is 368 Å².